The van der Waals surface area contributed by atoms with Gasteiger partial charge in [0.2, 0.25) is 11.8 Å². The predicted molar refractivity (Wildman–Crippen MR) is 139 cm³/mol. The molecule has 0 unspecified atom stereocenters. The number of hydrogen-bond donors (Lipinski definition) is 1. The molecule has 1 N–H and O–H groups in total. The molecule has 3 aromatic carbocycles. The second kappa shape index (κ2) is 10.7. The summed E-state index contributed by atoms with van der Waals surface area (Å²) in [6.07, 6.45) is 2.45. The molecule has 1 saturated heterocycles. The van der Waals surface area contributed by atoms with Gasteiger partial charge in [0.25, 0.3) is 0 Å². The number of carbonyl (C=O) groups excluding carboxylic acids is 2. The van der Waals surface area contributed by atoms with Crippen LogP contribution in [0.1, 0.15) is 49.3 Å². The average Bonchev–Trinajstić information content (AvgIpc) is 2.90. The number of amides is 2. The van der Waals surface area contributed by atoms with E-state index in [0.717, 1.165) is 29.5 Å². The minimum absolute atomic E-state index is 0.0652. The van der Waals surface area contributed by atoms with Gasteiger partial charge < -0.3 is 10.2 Å². The number of piperidine rings is 1. The van der Waals surface area contributed by atoms with E-state index in [0.29, 0.717) is 42.7 Å². The Morgan fingerprint density at radius 3 is 2.39 bits per heavy atom. The van der Waals surface area contributed by atoms with Crippen LogP contribution in [0.4, 0.5) is 10.1 Å². The molecule has 0 radical (unpaired) electrons. The summed E-state index contributed by atoms with van der Waals surface area (Å²) in [5.41, 5.74) is 4.50. The van der Waals surface area contributed by atoms with Crippen LogP contribution in [0, 0.1) is 24.1 Å². The molecule has 3 aromatic rings. The van der Waals surface area contributed by atoms with Gasteiger partial charge in [-0.05, 0) is 78.1 Å². The van der Waals surface area contributed by atoms with Crippen LogP contribution in [0.25, 0.3) is 11.1 Å². The van der Waals surface area contributed by atoms with Crippen molar-refractivity contribution in [3.05, 3.63) is 89.2 Å². The summed E-state index contributed by atoms with van der Waals surface area (Å²) < 4.78 is 13.9. The van der Waals surface area contributed by atoms with Crippen molar-refractivity contribution in [2.45, 2.75) is 44.9 Å². The molecule has 1 aliphatic heterocycles. The van der Waals surface area contributed by atoms with E-state index in [1.807, 2.05) is 23.1 Å². The molecular weight excluding hydrogens is 453 g/mol. The standard InChI is InChI=1S/C30H30FN3O2/c1-21-6-11-27(19-28(21)31)33-29(36)12-13-30(14-16-34(17-15-30)22(2)35)26-9-7-24(8-10-26)25-5-3-4-23(18-25)20-32/h3-11,18-19H,12-17H2,1-2H3,(H,33,36). The van der Waals surface area contributed by atoms with Crippen LogP contribution in [0.15, 0.2) is 66.7 Å². The number of halogens is 1. The first-order chi connectivity index (χ1) is 17.3. The third-order valence-electron chi connectivity index (χ3n) is 7.27. The van der Waals surface area contributed by atoms with E-state index < -0.39 is 0 Å². The Labute approximate surface area is 211 Å². The van der Waals surface area contributed by atoms with Crippen molar-refractivity contribution < 1.29 is 14.0 Å². The lowest BCUT2D eigenvalue weighted by atomic mass is 9.69. The second-order valence-corrected chi connectivity index (χ2v) is 9.57. The van der Waals surface area contributed by atoms with Gasteiger partial charge in [0.15, 0.2) is 0 Å². The average molecular weight is 484 g/mol. The molecule has 36 heavy (non-hydrogen) atoms. The van der Waals surface area contributed by atoms with Crippen molar-refractivity contribution in [3.63, 3.8) is 0 Å². The van der Waals surface area contributed by atoms with Crippen molar-refractivity contribution in [2.75, 3.05) is 18.4 Å². The summed E-state index contributed by atoms with van der Waals surface area (Å²) in [6, 6.07) is 22.7. The molecule has 4 rings (SSSR count). The number of hydrogen-bond acceptors (Lipinski definition) is 3. The lowest BCUT2D eigenvalue weighted by Crippen LogP contribution is -2.44. The lowest BCUT2D eigenvalue weighted by molar-refractivity contribution is -0.130. The number of nitriles is 1. The number of likely N-dealkylation sites (tertiary alicyclic amines) is 1. The van der Waals surface area contributed by atoms with Gasteiger partial charge in [-0.25, -0.2) is 4.39 Å². The maximum atomic E-state index is 13.9. The van der Waals surface area contributed by atoms with Gasteiger partial charge in [0, 0.05) is 32.1 Å². The Morgan fingerprint density at radius 2 is 1.75 bits per heavy atom. The monoisotopic (exact) mass is 483 g/mol. The molecule has 1 heterocycles. The largest absolute Gasteiger partial charge is 0.343 e. The summed E-state index contributed by atoms with van der Waals surface area (Å²) in [6.45, 7) is 4.56. The fourth-order valence-corrected chi connectivity index (χ4v) is 4.96. The molecule has 1 aliphatic rings. The summed E-state index contributed by atoms with van der Waals surface area (Å²) >= 11 is 0. The van der Waals surface area contributed by atoms with Crippen LogP contribution < -0.4 is 5.32 Å². The Hall–Kier alpha value is -3.98. The van der Waals surface area contributed by atoms with Crippen LogP contribution in [0.3, 0.4) is 0 Å². The van der Waals surface area contributed by atoms with E-state index in [2.05, 4.69) is 35.7 Å². The molecule has 0 aromatic heterocycles. The topological polar surface area (TPSA) is 73.2 Å². The third-order valence-corrected chi connectivity index (χ3v) is 7.27. The van der Waals surface area contributed by atoms with Gasteiger partial charge >= 0.3 is 0 Å². The van der Waals surface area contributed by atoms with Gasteiger partial charge in [-0.3, -0.25) is 9.59 Å². The first-order valence-corrected chi connectivity index (χ1v) is 12.2. The molecule has 0 spiro atoms. The first-order valence-electron chi connectivity index (χ1n) is 12.2. The quantitative estimate of drug-likeness (QED) is 0.469. The number of aryl methyl sites for hydroxylation is 1. The Bertz CT molecular complexity index is 1300. The molecular formula is C30H30FN3O2. The van der Waals surface area contributed by atoms with Crippen molar-refractivity contribution in [1.29, 1.82) is 5.26 Å². The lowest BCUT2D eigenvalue weighted by Gasteiger charge is -2.42. The van der Waals surface area contributed by atoms with Crippen LogP contribution in [-0.4, -0.2) is 29.8 Å². The smallest absolute Gasteiger partial charge is 0.224 e. The Morgan fingerprint density at radius 1 is 1.03 bits per heavy atom. The highest BCUT2D eigenvalue weighted by atomic mass is 19.1. The first kappa shape index (κ1) is 25.1. The van der Waals surface area contributed by atoms with E-state index in [9.17, 15) is 19.2 Å². The van der Waals surface area contributed by atoms with Crippen molar-refractivity contribution in [1.82, 2.24) is 4.90 Å². The fourth-order valence-electron chi connectivity index (χ4n) is 4.96. The number of nitrogens with one attached hydrogen (secondary N) is 1. The maximum absolute atomic E-state index is 13.9. The zero-order chi connectivity index (χ0) is 25.7. The molecule has 2 amide bonds. The van der Waals surface area contributed by atoms with Gasteiger partial charge in [0.1, 0.15) is 5.82 Å². The number of anilines is 1. The van der Waals surface area contributed by atoms with Crippen LogP contribution >= 0.6 is 0 Å². The minimum atomic E-state index is -0.346. The fraction of sp³-hybridized carbons (Fsp3) is 0.300. The van der Waals surface area contributed by atoms with Gasteiger partial charge in [0.05, 0.1) is 11.6 Å². The normalized spacial score (nSPS) is 14.7. The number of benzene rings is 3. The Balaban J connectivity index is 1.53. The highest BCUT2D eigenvalue weighted by Gasteiger charge is 2.37. The van der Waals surface area contributed by atoms with Crippen LogP contribution in [-0.2, 0) is 15.0 Å². The second-order valence-electron chi connectivity index (χ2n) is 9.57. The molecule has 0 bridgehead atoms. The van der Waals surface area contributed by atoms with E-state index in [1.54, 1.807) is 32.0 Å². The summed E-state index contributed by atoms with van der Waals surface area (Å²) in [5.74, 6) is -0.437. The van der Waals surface area contributed by atoms with Gasteiger partial charge in [-0.1, -0.05) is 42.5 Å². The van der Waals surface area contributed by atoms with Gasteiger partial charge in [-0.2, -0.15) is 5.26 Å². The number of carbonyl (C=O) groups is 2. The van der Waals surface area contributed by atoms with E-state index in [-0.39, 0.29) is 23.0 Å². The van der Waals surface area contributed by atoms with Gasteiger partial charge in [-0.15, -0.1) is 0 Å². The van der Waals surface area contributed by atoms with Crippen molar-refractivity contribution in [3.8, 4) is 17.2 Å². The summed E-state index contributed by atoms with van der Waals surface area (Å²) in [5, 5.41) is 12.0. The third kappa shape index (κ3) is 5.63. The van der Waals surface area contributed by atoms with Crippen molar-refractivity contribution >= 4 is 17.5 Å². The van der Waals surface area contributed by atoms with Crippen LogP contribution in [0.5, 0.6) is 0 Å². The summed E-state index contributed by atoms with van der Waals surface area (Å²) in [4.78, 5) is 26.6. The number of nitrogens with zero attached hydrogens (tertiary/aromatic N) is 2. The molecule has 6 heteroatoms. The van der Waals surface area contributed by atoms with E-state index in [1.165, 1.54) is 6.07 Å². The SMILES string of the molecule is CC(=O)N1CCC(CCC(=O)Nc2ccc(C)c(F)c2)(c2ccc(-c3cccc(C#N)c3)cc2)CC1. The van der Waals surface area contributed by atoms with E-state index in [4.69, 9.17) is 0 Å². The number of rotatable bonds is 6. The molecule has 0 saturated carbocycles. The highest BCUT2D eigenvalue weighted by molar-refractivity contribution is 5.90. The maximum Gasteiger partial charge on any atom is 0.224 e. The molecule has 0 aliphatic carbocycles. The zero-order valence-corrected chi connectivity index (χ0v) is 20.7. The predicted octanol–water partition coefficient (Wildman–Crippen LogP) is 5.97. The Kier molecular flexibility index (Phi) is 7.49. The molecule has 1 fully saturated rings. The highest BCUT2D eigenvalue weighted by Crippen LogP contribution is 2.40. The molecule has 184 valence electrons. The molecule has 5 nitrogen and oxygen atoms in total. The van der Waals surface area contributed by atoms with Crippen LogP contribution in [0.2, 0.25) is 0 Å². The van der Waals surface area contributed by atoms with E-state index >= 15 is 0 Å². The zero-order valence-electron chi connectivity index (χ0n) is 20.7. The minimum Gasteiger partial charge on any atom is -0.343 e. The molecule has 0 atom stereocenters. The summed E-state index contributed by atoms with van der Waals surface area (Å²) in [7, 11) is 0. The van der Waals surface area contributed by atoms with Crippen molar-refractivity contribution in [2.24, 2.45) is 0 Å².